The van der Waals surface area contributed by atoms with Crippen LogP contribution in [0.15, 0.2) is 42.5 Å². The van der Waals surface area contributed by atoms with E-state index < -0.39 is 0 Å². The summed E-state index contributed by atoms with van der Waals surface area (Å²) in [7, 11) is 0. The van der Waals surface area contributed by atoms with E-state index in [-0.39, 0.29) is 0 Å². The summed E-state index contributed by atoms with van der Waals surface area (Å²) in [4.78, 5) is 0. The van der Waals surface area contributed by atoms with E-state index in [2.05, 4.69) is 10.6 Å². The van der Waals surface area contributed by atoms with Crippen LogP contribution in [0.4, 0.5) is 5.69 Å². The number of hydrogen-bond donors (Lipinski definition) is 2. The molecule has 2 rings (SSSR count). The average Bonchev–Trinajstić information content (AvgIpc) is 2.41. The summed E-state index contributed by atoms with van der Waals surface area (Å²) in [6.07, 6.45) is 0.757. The molecule has 0 aliphatic rings. The highest BCUT2D eigenvalue weighted by Gasteiger charge is 2.02. The molecule has 0 fully saturated rings. The predicted octanol–water partition coefficient (Wildman–Crippen LogP) is 5.18. The molecule has 0 atom stereocenters. The number of nitrogens with one attached hydrogen (secondary N) is 2. The maximum absolute atomic E-state index is 6.12. The summed E-state index contributed by atoms with van der Waals surface area (Å²) in [5.41, 5.74) is 1.88. The van der Waals surface area contributed by atoms with Gasteiger partial charge in [0, 0.05) is 27.3 Å². The van der Waals surface area contributed by atoms with Crippen LogP contribution in [0.3, 0.4) is 0 Å². The molecular weight excluding hydrogens is 347 g/mol. The van der Waals surface area contributed by atoms with E-state index in [4.69, 9.17) is 47.0 Å². The first-order valence-corrected chi connectivity index (χ1v) is 7.83. The number of anilines is 1. The molecule has 0 radical (unpaired) electrons. The van der Waals surface area contributed by atoms with E-state index >= 15 is 0 Å². The molecule has 0 unspecified atom stereocenters. The van der Waals surface area contributed by atoms with Crippen molar-refractivity contribution < 1.29 is 0 Å². The Bertz CT molecular complexity index is 647. The van der Waals surface area contributed by atoms with Crippen molar-refractivity contribution in [1.29, 1.82) is 0 Å². The predicted molar refractivity (Wildman–Crippen MR) is 95.8 cm³/mol. The Morgan fingerprint density at radius 3 is 2.48 bits per heavy atom. The van der Waals surface area contributed by atoms with Crippen LogP contribution >= 0.6 is 47.0 Å². The summed E-state index contributed by atoms with van der Waals surface area (Å²) < 4.78 is 0. The first-order chi connectivity index (χ1) is 10.0. The zero-order valence-corrected chi connectivity index (χ0v) is 14.1. The molecule has 0 amide bonds. The third kappa shape index (κ3) is 5.36. The van der Waals surface area contributed by atoms with Crippen LogP contribution in [0.25, 0.3) is 0 Å². The highest BCUT2D eigenvalue weighted by atomic mass is 35.5. The lowest BCUT2D eigenvalue weighted by Crippen LogP contribution is -2.30. The molecule has 0 aliphatic carbocycles. The van der Waals surface area contributed by atoms with E-state index in [1.165, 1.54) is 0 Å². The van der Waals surface area contributed by atoms with Gasteiger partial charge in [-0.05, 0) is 54.5 Å². The molecule has 2 N–H and O–H groups in total. The van der Waals surface area contributed by atoms with Gasteiger partial charge in [-0.1, -0.05) is 46.9 Å². The molecule has 6 heteroatoms. The Morgan fingerprint density at radius 2 is 1.76 bits per heavy atom. The van der Waals surface area contributed by atoms with Crippen molar-refractivity contribution in [1.82, 2.24) is 5.32 Å². The van der Waals surface area contributed by atoms with Crippen molar-refractivity contribution in [2.75, 3.05) is 11.9 Å². The van der Waals surface area contributed by atoms with E-state index in [1.54, 1.807) is 6.07 Å². The van der Waals surface area contributed by atoms with Crippen molar-refractivity contribution >= 4 is 57.8 Å². The van der Waals surface area contributed by atoms with Gasteiger partial charge in [-0.15, -0.1) is 0 Å². The van der Waals surface area contributed by atoms with Gasteiger partial charge in [-0.2, -0.15) is 0 Å². The zero-order chi connectivity index (χ0) is 15.2. The molecular formula is C15H13Cl3N2S. The van der Waals surface area contributed by atoms with Crippen molar-refractivity contribution in [3.05, 3.63) is 63.1 Å². The van der Waals surface area contributed by atoms with E-state index in [1.807, 2.05) is 36.4 Å². The van der Waals surface area contributed by atoms with E-state index in [9.17, 15) is 0 Å². The summed E-state index contributed by atoms with van der Waals surface area (Å²) in [6, 6.07) is 12.9. The zero-order valence-electron chi connectivity index (χ0n) is 11.0. The largest absolute Gasteiger partial charge is 0.362 e. The van der Waals surface area contributed by atoms with E-state index in [0.29, 0.717) is 26.7 Å². The second-order valence-corrected chi connectivity index (χ2v) is 6.07. The van der Waals surface area contributed by atoms with Gasteiger partial charge in [-0.25, -0.2) is 0 Å². The SMILES string of the molecule is S=C(NCCc1ccc(Cl)cc1Cl)Nc1cccc(Cl)c1. The Morgan fingerprint density at radius 1 is 1.00 bits per heavy atom. The van der Waals surface area contributed by atoms with Crippen LogP contribution in [-0.4, -0.2) is 11.7 Å². The molecule has 0 saturated heterocycles. The number of benzene rings is 2. The number of thiocarbonyl (C=S) groups is 1. The monoisotopic (exact) mass is 358 g/mol. The molecule has 2 aromatic carbocycles. The molecule has 2 nitrogen and oxygen atoms in total. The molecule has 0 aromatic heterocycles. The number of rotatable bonds is 4. The second-order valence-electron chi connectivity index (χ2n) is 4.38. The van der Waals surface area contributed by atoms with Crippen molar-refractivity contribution in [2.45, 2.75) is 6.42 Å². The lowest BCUT2D eigenvalue weighted by molar-refractivity contribution is 0.873. The molecule has 0 saturated carbocycles. The Balaban J connectivity index is 1.81. The van der Waals surface area contributed by atoms with E-state index in [0.717, 1.165) is 17.7 Å². The molecule has 0 bridgehead atoms. The Hall–Kier alpha value is -1.00. The normalized spacial score (nSPS) is 10.2. The molecule has 2 aromatic rings. The fourth-order valence-electron chi connectivity index (χ4n) is 1.78. The van der Waals surface area contributed by atoms with Crippen LogP contribution in [0, 0.1) is 0 Å². The number of hydrogen-bond acceptors (Lipinski definition) is 1. The second kappa shape index (κ2) is 7.85. The van der Waals surface area contributed by atoms with Gasteiger partial charge < -0.3 is 10.6 Å². The minimum Gasteiger partial charge on any atom is -0.362 e. The lowest BCUT2D eigenvalue weighted by atomic mass is 10.1. The highest BCUT2D eigenvalue weighted by molar-refractivity contribution is 7.80. The van der Waals surface area contributed by atoms with Crippen molar-refractivity contribution in [2.24, 2.45) is 0 Å². The number of halogens is 3. The maximum Gasteiger partial charge on any atom is 0.170 e. The third-order valence-electron chi connectivity index (χ3n) is 2.78. The standard InChI is InChI=1S/C15H13Cl3N2S/c16-11-2-1-3-13(8-11)20-15(21)19-7-6-10-4-5-12(17)9-14(10)18/h1-5,8-9H,6-7H2,(H2,19,20,21). The summed E-state index contributed by atoms with van der Waals surface area (Å²) in [5, 5.41) is 8.71. The smallest absolute Gasteiger partial charge is 0.170 e. The quantitative estimate of drug-likeness (QED) is 0.736. The molecule has 0 aliphatic heterocycles. The average molecular weight is 360 g/mol. The Labute approximate surface area is 144 Å². The van der Waals surface area contributed by atoms with Gasteiger partial charge in [0.15, 0.2) is 5.11 Å². The van der Waals surface area contributed by atoms with Crippen LogP contribution in [0.2, 0.25) is 15.1 Å². The van der Waals surface area contributed by atoms with Gasteiger partial charge in [0.25, 0.3) is 0 Å². The summed E-state index contributed by atoms with van der Waals surface area (Å²) in [6.45, 7) is 0.674. The minimum absolute atomic E-state index is 0.544. The van der Waals surface area contributed by atoms with Crippen LogP contribution in [0.5, 0.6) is 0 Å². The van der Waals surface area contributed by atoms with Crippen molar-refractivity contribution in [3.63, 3.8) is 0 Å². The fraction of sp³-hybridized carbons (Fsp3) is 0.133. The van der Waals surface area contributed by atoms with Crippen LogP contribution in [0.1, 0.15) is 5.56 Å². The molecule has 0 spiro atoms. The van der Waals surface area contributed by atoms with Gasteiger partial charge in [0.1, 0.15) is 0 Å². The third-order valence-corrected chi connectivity index (χ3v) is 3.85. The van der Waals surface area contributed by atoms with Gasteiger partial charge in [0.05, 0.1) is 0 Å². The van der Waals surface area contributed by atoms with Crippen LogP contribution < -0.4 is 10.6 Å². The summed E-state index contributed by atoms with van der Waals surface area (Å²) in [5.74, 6) is 0. The molecule has 21 heavy (non-hydrogen) atoms. The lowest BCUT2D eigenvalue weighted by Gasteiger charge is -2.11. The van der Waals surface area contributed by atoms with Gasteiger partial charge in [0.2, 0.25) is 0 Å². The highest BCUT2D eigenvalue weighted by Crippen LogP contribution is 2.21. The Kier molecular flexibility index (Phi) is 6.12. The minimum atomic E-state index is 0.544. The van der Waals surface area contributed by atoms with Gasteiger partial charge >= 0.3 is 0 Å². The van der Waals surface area contributed by atoms with Crippen molar-refractivity contribution in [3.8, 4) is 0 Å². The topological polar surface area (TPSA) is 24.1 Å². The maximum atomic E-state index is 6.12. The fourth-order valence-corrected chi connectivity index (χ4v) is 2.69. The molecule has 0 heterocycles. The summed E-state index contributed by atoms with van der Waals surface area (Å²) >= 11 is 23.1. The first kappa shape index (κ1) is 16.4. The first-order valence-electron chi connectivity index (χ1n) is 6.29. The van der Waals surface area contributed by atoms with Crippen LogP contribution in [-0.2, 0) is 6.42 Å². The van der Waals surface area contributed by atoms with Gasteiger partial charge in [-0.3, -0.25) is 0 Å². The molecule has 110 valence electrons.